The number of nitrogens with two attached hydrogens (primary N) is 1. The van der Waals surface area contributed by atoms with Crippen molar-refractivity contribution in [2.24, 2.45) is 11.7 Å². The van der Waals surface area contributed by atoms with E-state index in [9.17, 15) is 9.59 Å². The van der Waals surface area contributed by atoms with E-state index in [0.717, 1.165) is 12.8 Å². The van der Waals surface area contributed by atoms with Gasteiger partial charge in [-0.1, -0.05) is 33.6 Å². The van der Waals surface area contributed by atoms with Crippen LogP contribution in [-0.4, -0.2) is 31.1 Å². The van der Waals surface area contributed by atoms with E-state index in [4.69, 9.17) is 5.73 Å². The van der Waals surface area contributed by atoms with E-state index < -0.39 is 18.1 Å². The Balaban J connectivity index is 4.53. The summed E-state index contributed by atoms with van der Waals surface area (Å²) in [5.74, 6) is -0.681. The smallest absolute Gasteiger partial charge is 0.328 e. The molecule has 17 heavy (non-hydrogen) atoms. The number of amides is 1. The summed E-state index contributed by atoms with van der Waals surface area (Å²) in [6.07, 6.45) is 2.23. The molecule has 3 N–H and O–H groups in total. The van der Waals surface area contributed by atoms with Gasteiger partial charge in [-0.3, -0.25) is 4.79 Å². The summed E-state index contributed by atoms with van der Waals surface area (Å²) in [6, 6.07) is -1.17. The number of rotatable bonds is 7. The van der Waals surface area contributed by atoms with Gasteiger partial charge in [0.05, 0.1) is 13.2 Å². The fourth-order valence-electron chi connectivity index (χ4n) is 1.50. The molecule has 0 saturated carbocycles. The van der Waals surface area contributed by atoms with Crippen LogP contribution in [0.1, 0.15) is 40.0 Å². The standard InChI is InChI=1S/C12H24N2O3/c1-5-7-9(13)11(15)14-10(8(3)6-2)12(16)17-4/h8-10H,5-7,13H2,1-4H3,(H,14,15). The first kappa shape index (κ1) is 15.9. The fourth-order valence-corrected chi connectivity index (χ4v) is 1.50. The van der Waals surface area contributed by atoms with Crippen LogP contribution in [0.2, 0.25) is 0 Å². The van der Waals surface area contributed by atoms with Crippen LogP contribution in [0.5, 0.6) is 0 Å². The van der Waals surface area contributed by atoms with Crippen molar-refractivity contribution < 1.29 is 14.3 Å². The van der Waals surface area contributed by atoms with Gasteiger partial charge >= 0.3 is 5.97 Å². The number of carbonyl (C=O) groups excluding carboxylic acids is 2. The first-order valence-corrected chi connectivity index (χ1v) is 6.11. The molecule has 0 aromatic heterocycles. The maximum absolute atomic E-state index is 11.7. The van der Waals surface area contributed by atoms with Gasteiger partial charge in [-0.15, -0.1) is 0 Å². The Kier molecular flexibility index (Phi) is 7.54. The predicted molar refractivity (Wildman–Crippen MR) is 66.3 cm³/mol. The van der Waals surface area contributed by atoms with Gasteiger partial charge in [0.2, 0.25) is 5.91 Å². The minimum absolute atomic E-state index is 0.0280. The molecule has 0 aliphatic rings. The van der Waals surface area contributed by atoms with Gasteiger partial charge in [-0.25, -0.2) is 4.79 Å². The Hall–Kier alpha value is -1.10. The SMILES string of the molecule is CCCC(N)C(=O)NC(C(=O)OC)C(C)CC. The second-order valence-electron chi connectivity index (χ2n) is 4.29. The molecule has 0 aliphatic heterocycles. The van der Waals surface area contributed by atoms with E-state index in [1.165, 1.54) is 7.11 Å². The summed E-state index contributed by atoms with van der Waals surface area (Å²) in [6.45, 7) is 5.81. The van der Waals surface area contributed by atoms with Crippen LogP contribution in [0.4, 0.5) is 0 Å². The van der Waals surface area contributed by atoms with Gasteiger partial charge < -0.3 is 15.8 Å². The van der Waals surface area contributed by atoms with Gasteiger partial charge in [0.1, 0.15) is 6.04 Å². The molecule has 5 heteroatoms. The van der Waals surface area contributed by atoms with Crippen molar-refractivity contribution in [1.29, 1.82) is 0 Å². The Morgan fingerprint density at radius 2 is 1.94 bits per heavy atom. The van der Waals surface area contributed by atoms with Gasteiger partial charge in [-0.2, -0.15) is 0 Å². The topological polar surface area (TPSA) is 81.4 Å². The monoisotopic (exact) mass is 244 g/mol. The molecular formula is C12H24N2O3. The molecule has 0 bridgehead atoms. The lowest BCUT2D eigenvalue weighted by Crippen LogP contribution is -2.51. The van der Waals surface area contributed by atoms with Gasteiger partial charge in [-0.05, 0) is 12.3 Å². The highest BCUT2D eigenvalue weighted by Crippen LogP contribution is 2.09. The van der Waals surface area contributed by atoms with Crippen LogP contribution in [0, 0.1) is 5.92 Å². The maximum atomic E-state index is 11.7. The summed E-state index contributed by atoms with van der Waals surface area (Å²) in [4.78, 5) is 23.3. The molecule has 0 aliphatic carbocycles. The lowest BCUT2D eigenvalue weighted by Gasteiger charge is -2.23. The molecule has 0 radical (unpaired) electrons. The van der Waals surface area contributed by atoms with Crippen molar-refractivity contribution in [3.05, 3.63) is 0 Å². The summed E-state index contributed by atoms with van der Waals surface area (Å²) in [7, 11) is 1.32. The first-order chi connectivity index (χ1) is 7.97. The number of hydrogen-bond acceptors (Lipinski definition) is 4. The summed E-state index contributed by atoms with van der Waals surface area (Å²) >= 11 is 0. The van der Waals surface area contributed by atoms with E-state index in [2.05, 4.69) is 10.1 Å². The minimum atomic E-state index is -0.611. The van der Waals surface area contributed by atoms with E-state index in [1.54, 1.807) is 0 Å². The van der Waals surface area contributed by atoms with E-state index in [0.29, 0.717) is 6.42 Å². The average molecular weight is 244 g/mol. The molecule has 0 fully saturated rings. The normalized spacial score (nSPS) is 15.8. The number of ether oxygens (including phenoxy) is 1. The molecule has 0 aromatic rings. The molecule has 0 rings (SSSR count). The maximum Gasteiger partial charge on any atom is 0.328 e. The van der Waals surface area contributed by atoms with E-state index in [-0.39, 0.29) is 11.8 Å². The van der Waals surface area contributed by atoms with Crippen LogP contribution in [0.15, 0.2) is 0 Å². The van der Waals surface area contributed by atoms with Crippen molar-refractivity contribution in [3.63, 3.8) is 0 Å². The number of hydrogen-bond donors (Lipinski definition) is 2. The molecule has 100 valence electrons. The van der Waals surface area contributed by atoms with Gasteiger partial charge in [0, 0.05) is 0 Å². The molecule has 5 nitrogen and oxygen atoms in total. The minimum Gasteiger partial charge on any atom is -0.467 e. The summed E-state index contributed by atoms with van der Waals surface area (Å²) in [5.41, 5.74) is 5.70. The van der Waals surface area contributed by atoms with Crippen molar-refractivity contribution in [1.82, 2.24) is 5.32 Å². The van der Waals surface area contributed by atoms with Crippen LogP contribution in [0.25, 0.3) is 0 Å². The van der Waals surface area contributed by atoms with Crippen LogP contribution >= 0.6 is 0 Å². The zero-order chi connectivity index (χ0) is 13.4. The molecular weight excluding hydrogens is 220 g/mol. The second-order valence-corrected chi connectivity index (χ2v) is 4.29. The number of esters is 1. The quantitative estimate of drug-likeness (QED) is 0.650. The highest BCUT2D eigenvalue weighted by Gasteiger charge is 2.28. The number of carbonyl (C=O) groups is 2. The van der Waals surface area contributed by atoms with Crippen molar-refractivity contribution >= 4 is 11.9 Å². The Morgan fingerprint density at radius 3 is 2.35 bits per heavy atom. The van der Waals surface area contributed by atoms with Crippen molar-refractivity contribution in [2.75, 3.05) is 7.11 Å². The second kappa shape index (κ2) is 8.06. The summed E-state index contributed by atoms with van der Waals surface area (Å²) in [5, 5.41) is 2.66. The molecule has 3 unspecified atom stereocenters. The van der Waals surface area contributed by atoms with Crippen LogP contribution < -0.4 is 11.1 Å². The predicted octanol–water partition coefficient (Wildman–Crippen LogP) is 0.818. The van der Waals surface area contributed by atoms with Crippen LogP contribution in [0.3, 0.4) is 0 Å². The zero-order valence-electron chi connectivity index (χ0n) is 11.2. The highest BCUT2D eigenvalue weighted by atomic mass is 16.5. The lowest BCUT2D eigenvalue weighted by molar-refractivity contribution is -0.146. The molecule has 0 aromatic carbocycles. The van der Waals surface area contributed by atoms with E-state index >= 15 is 0 Å². The number of methoxy groups -OCH3 is 1. The van der Waals surface area contributed by atoms with E-state index in [1.807, 2.05) is 20.8 Å². The summed E-state index contributed by atoms with van der Waals surface area (Å²) < 4.78 is 4.68. The van der Waals surface area contributed by atoms with Gasteiger partial charge in [0.15, 0.2) is 0 Å². The van der Waals surface area contributed by atoms with Crippen molar-refractivity contribution in [3.8, 4) is 0 Å². The van der Waals surface area contributed by atoms with Gasteiger partial charge in [0.25, 0.3) is 0 Å². The lowest BCUT2D eigenvalue weighted by atomic mass is 9.98. The molecule has 0 saturated heterocycles. The Bertz CT molecular complexity index is 256. The third kappa shape index (κ3) is 5.17. The average Bonchev–Trinajstić information content (AvgIpc) is 2.33. The number of nitrogens with one attached hydrogen (secondary N) is 1. The Morgan fingerprint density at radius 1 is 1.35 bits per heavy atom. The fraction of sp³-hybridized carbons (Fsp3) is 0.833. The third-order valence-electron chi connectivity index (χ3n) is 2.90. The third-order valence-corrected chi connectivity index (χ3v) is 2.90. The molecule has 3 atom stereocenters. The largest absolute Gasteiger partial charge is 0.467 e. The molecule has 0 heterocycles. The first-order valence-electron chi connectivity index (χ1n) is 6.11. The molecule has 1 amide bonds. The van der Waals surface area contributed by atoms with Crippen LogP contribution in [-0.2, 0) is 14.3 Å². The zero-order valence-corrected chi connectivity index (χ0v) is 11.2. The Labute approximate surface area is 103 Å². The highest BCUT2D eigenvalue weighted by molar-refractivity contribution is 5.87. The molecule has 0 spiro atoms. The van der Waals surface area contributed by atoms with Crippen molar-refractivity contribution in [2.45, 2.75) is 52.1 Å².